The van der Waals surface area contributed by atoms with Crippen LogP contribution in [0.2, 0.25) is 0 Å². The standard InChI is InChI=1S/C27H34N4OS/c1-19-15-20(2)25-24(16-19)33-27(29-25)31-13-5-9-23(18-31)26(32)28-11-6-12-30-14-10-21-7-3-4-8-22(21)17-30/h3-4,7-8,15-16,23H,5-6,9-14,17-18H2,1-2H3,(H,28,32)/t23-/m1/s1. The van der Waals surface area contributed by atoms with Crippen LogP contribution in [0.4, 0.5) is 5.13 Å². The zero-order valence-corrected chi connectivity index (χ0v) is 20.6. The average Bonchev–Trinajstić information content (AvgIpc) is 3.26. The summed E-state index contributed by atoms with van der Waals surface area (Å²) >= 11 is 1.76. The number of anilines is 1. The summed E-state index contributed by atoms with van der Waals surface area (Å²) in [7, 11) is 0. The predicted octanol–water partition coefficient (Wildman–Crippen LogP) is 4.69. The maximum Gasteiger partial charge on any atom is 0.224 e. The van der Waals surface area contributed by atoms with Gasteiger partial charge in [-0.1, -0.05) is 41.7 Å². The normalized spacial score (nSPS) is 19.0. The molecule has 0 radical (unpaired) electrons. The third-order valence-electron chi connectivity index (χ3n) is 7.04. The number of carbonyl (C=O) groups is 1. The molecule has 2 aromatic carbocycles. The molecule has 5 rings (SSSR count). The van der Waals surface area contributed by atoms with Gasteiger partial charge in [0.05, 0.1) is 16.1 Å². The minimum absolute atomic E-state index is 0.0514. The second-order valence-electron chi connectivity index (χ2n) is 9.65. The summed E-state index contributed by atoms with van der Waals surface area (Å²) in [5.74, 6) is 0.257. The summed E-state index contributed by atoms with van der Waals surface area (Å²) in [6.45, 7) is 9.96. The van der Waals surface area contributed by atoms with Gasteiger partial charge in [0, 0.05) is 39.3 Å². The molecule has 6 heteroatoms. The van der Waals surface area contributed by atoms with Crippen molar-refractivity contribution in [3.05, 3.63) is 58.7 Å². The molecule has 1 amide bonds. The molecule has 33 heavy (non-hydrogen) atoms. The van der Waals surface area contributed by atoms with Crippen molar-refractivity contribution in [3.63, 3.8) is 0 Å². The molecule has 5 nitrogen and oxygen atoms in total. The molecule has 1 N–H and O–H groups in total. The number of hydrogen-bond donors (Lipinski definition) is 1. The van der Waals surface area contributed by atoms with Gasteiger partial charge in [-0.15, -0.1) is 0 Å². The molecule has 2 aliphatic rings. The van der Waals surface area contributed by atoms with Crippen LogP contribution >= 0.6 is 11.3 Å². The molecule has 3 aromatic rings. The molecule has 174 valence electrons. The van der Waals surface area contributed by atoms with Crippen LogP contribution in [-0.2, 0) is 17.8 Å². The largest absolute Gasteiger partial charge is 0.356 e. The van der Waals surface area contributed by atoms with Gasteiger partial charge in [-0.2, -0.15) is 0 Å². The van der Waals surface area contributed by atoms with Crippen molar-refractivity contribution < 1.29 is 4.79 Å². The van der Waals surface area contributed by atoms with Crippen LogP contribution in [0.5, 0.6) is 0 Å². The van der Waals surface area contributed by atoms with Crippen LogP contribution in [0.3, 0.4) is 0 Å². The number of aromatic nitrogens is 1. The quantitative estimate of drug-likeness (QED) is 0.540. The molecule has 0 spiro atoms. The number of aryl methyl sites for hydroxylation is 2. The molecule has 1 fully saturated rings. The molecule has 1 saturated heterocycles. The SMILES string of the molecule is Cc1cc(C)c2nc(N3CCC[C@@H](C(=O)NCCCN4CCc5ccccc5C4)C3)sc2c1. The first-order valence-electron chi connectivity index (χ1n) is 12.3. The molecule has 1 aromatic heterocycles. The van der Waals surface area contributed by atoms with Crippen molar-refractivity contribution in [1.29, 1.82) is 0 Å². The zero-order chi connectivity index (χ0) is 22.8. The van der Waals surface area contributed by atoms with E-state index in [1.807, 2.05) is 0 Å². The lowest BCUT2D eigenvalue weighted by Gasteiger charge is -2.32. The fourth-order valence-electron chi connectivity index (χ4n) is 5.26. The first-order chi connectivity index (χ1) is 16.1. The van der Waals surface area contributed by atoms with Crippen LogP contribution in [0.1, 0.15) is 41.5 Å². The Bertz CT molecular complexity index is 1140. The van der Waals surface area contributed by atoms with Gasteiger partial charge in [0.1, 0.15) is 0 Å². The van der Waals surface area contributed by atoms with Crippen molar-refractivity contribution in [1.82, 2.24) is 15.2 Å². The fourth-order valence-corrected chi connectivity index (χ4v) is 6.44. The molecule has 0 aliphatic carbocycles. The third-order valence-corrected chi connectivity index (χ3v) is 8.10. The Morgan fingerprint density at radius 2 is 2.03 bits per heavy atom. The van der Waals surface area contributed by atoms with E-state index in [9.17, 15) is 4.79 Å². The minimum atomic E-state index is 0.0514. The Balaban J connectivity index is 1.11. The number of amides is 1. The highest BCUT2D eigenvalue weighted by molar-refractivity contribution is 7.22. The highest BCUT2D eigenvalue weighted by Gasteiger charge is 2.27. The first-order valence-corrected chi connectivity index (χ1v) is 13.1. The van der Waals surface area contributed by atoms with E-state index >= 15 is 0 Å². The summed E-state index contributed by atoms with van der Waals surface area (Å²) in [6, 6.07) is 13.2. The second-order valence-corrected chi connectivity index (χ2v) is 10.7. The van der Waals surface area contributed by atoms with E-state index < -0.39 is 0 Å². The Hall–Kier alpha value is -2.44. The second kappa shape index (κ2) is 9.82. The summed E-state index contributed by atoms with van der Waals surface area (Å²) in [6.07, 6.45) is 4.14. The highest BCUT2D eigenvalue weighted by atomic mass is 32.1. The van der Waals surface area contributed by atoms with E-state index in [1.165, 1.54) is 27.0 Å². The van der Waals surface area contributed by atoms with Crippen LogP contribution in [-0.4, -0.2) is 48.5 Å². The lowest BCUT2D eigenvalue weighted by atomic mass is 9.97. The fraction of sp³-hybridized carbons (Fsp3) is 0.481. The number of rotatable bonds is 6. The van der Waals surface area contributed by atoms with Gasteiger partial charge in [0.25, 0.3) is 0 Å². The van der Waals surface area contributed by atoms with Crippen molar-refractivity contribution in [2.75, 3.05) is 37.6 Å². The molecule has 0 bridgehead atoms. The van der Waals surface area contributed by atoms with Gasteiger partial charge in [-0.25, -0.2) is 4.98 Å². The Labute approximate surface area is 200 Å². The van der Waals surface area contributed by atoms with Gasteiger partial charge >= 0.3 is 0 Å². The number of fused-ring (bicyclic) bond motifs is 2. The van der Waals surface area contributed by atoms with Gasteiger partial charge in [0.15, 0.2) is 5.13 Å². The van der Waals surface area contributed by atoms with Gasteiger partial charge < -0.3 is 10.2 Å². The molecule has 3 heterocycles. The summed E-state index contributed by atoms with van der Waals surface area (Å²) in [5, 5.41) is 4.27. The number of benzene rings is 2. The number of nitrogens with one attached hydrogen (secondary N) is 1. The van der Waals surface area contributed by atoms with Crippen LogP contribution in [0.15, 0.2) is 36.4 Å². The third kappa shape index (κ3) is 5.07. The molecular weight excluding hydrogens is 428 g/mol. The monoisotopic (exact) mass is 462 g/mol. The van der Waals surface area contributed by atoms with Crippen LogP contribution in [0.25, 0.3) is 10.2 Å². The zero-order valence-electron chi connectivity index (χ0n) is 19.8. The molecule has 0 saturated carbocycles. The van der Waals surface area contributed by atoms with Crippen molar-refractivity contribution in [3.8, 4) is 0 Å². The topological polar surface area (TPSA) is 48.5 Å². The average molecular weight is 463 g/mol. The van der Waals surface area contributed by atoms with E-state index in [1.54, 1.807) is 11.3 Å². The van der Waals surface area contributed by atoms with E-state index in [0.29, 0.717) is 0 Å². The lowest BCUT2D eigenvalue weighted by Crippen LogP contribution is -2.43. The van der Waals surface area contributed by atoms with E-state index in [0.717, 1.165) is 75.6 Å². The maximum atomic E-state index is 12.9. The number of carbonyl (C=O) groups excluding carboxylic acids is 1. The highest BCUT2D eigenvalue weighted by Crippen LogP contribution is 2.33. The number of nitrogens with zero attached hydrogens (tertiary/aromatic N) is 3. The molecule has 2 aliphatic heterocycles. The summed E-state index contributed by atoms with van der Waals surface area (Å²) < 4.78 is 1.24. The maximum absolute atomic E-state index is 12.9. The van der Waals surface area contributed by atoms with Crippen LogP contribution in [0, 0.1) is 19.8 Å². The Kier molecular flexibility index (Phi) is 6.65. The van der Waals surface area contributed by atoms with Crippen molar-refractivity contribution >= 4 is 32.6 Å². The number of piperidine rings is 1. The molecular formula is C27H34N4OS. The van der Waals surface area contributed by atoms with Gasteiger partial charge in [-0.05, 0) is 67.9 Å². The Morgan fingerprint density at radius 1 is 1.18 bits per heavy atom. The van der Waals surface area contributed by atoms with Crippen molar-refractivity contribution in [2.45, 2.75) is 46.1 Å². The Morgan fingerprint density at radius 3 is 2.91 bits per heavy atom. The lowest BCUT2D eigenvalue weighted by molar-refractivity contribution is -0.125. The number of hydrogen-bond acceptors (Lipinski definition) is 5. The summed E-state index contributed by atoms with van der Waals surface area (Å²) in [5.41, 5.74) is 6.56. The molecule has 1 atom stereocenters. The minimum Gasteiger partial charge on any atom is -0.356 e. The van der Waals surface area contributed by atoms with E-state index in [2.05, 4.69) is 65.4 Å². The molecule has 0 unspecified atom stereocenters. The smallest absolute Gasteiger partial charge is 0.224 e. The van der Waals surface area contributed by atoms with E-state index in [-0.39, 0.29) is 11.8 Å². The van der Waals surface area contributed by atoms with Crippen molar-refractivity contribution in [2.24, 2.45) is 5.92 Å². The van der Waals surface area contributed by atoms with E-state index in [4.69, 9.17) is 4.98 Å². The van der Waals surface area contributed by atoms with Crippen LogP contribution < -0.4 is 10.2 Å². The summed E-state index contributed by atoms with van der Waals surface area (Å²) in [4.78, 5) is 22.6. The number of thiazole rings is 1. The first kappa shape index (κ1) is 22.4. The predicted molar refractivity (Wildman–Crippen MR) is 137 cm³/mol. The van der Waals surface area contributed by atoms with Gasteiger partial charge in [0.2, 0.25) is 5.91 Å². The van der Waals surface area contributed by atoms with Gasteiger partial charge in [-0.3, -0.25) is 9.69 Å².